The molecule has 8 N–H and O–H groups in total. The van der Waals surface area contributed by atoms with E-state index >= 15 is 0 Å². The van der Waals surface area contributed by atoms with E-state index in [2.05, 4.69) is 20.5 Å². The molecule has 348 valence electrons. The van der Waals surface area contributed by atoms with Gasteiger partial charge in [-0.3, -0.25) is 18.7 Å². The van der Waals surface area contributed by atoms with Crippen molar-refractivity contribution in [2.75, 3.05) is 44.1 Å². The fourth-order valence-corrected chi connectivity index (χ4v) is 10.7. The first kappa shape index (κ1) is 50.5. The zero-order valence-corrected chi connectivity index (χ0v) is 38.6. The van der Waals surface area contributed by atoms with E-state index in [-0.39, 0.29) is 47.8 Å². The van der Waals surface area contributed by atoms with Crippen LogP contribution in [0.25, 0.3) is 10.9 Å². The summed E-state index contributed by atoms with van der Waals surface area (Å²) >= 11 is 9.23. The average molecular weight is 986 g/mol. The second kappa shape index (κ2) is 22.2. The number of halogens is 1. The number of nitrogens with one attached hydrogen (secondary N) is 3. The number of H-pyrrole nitrogens is 1. The van der Waals surface area contributed by atoms with Gasteiger partial charge in [-0.05, 0) is 79.4 Å². The van der Waals surface area contributed by atoms with Gasteiger partial charge in [-0.25, -0.2) is 4.79 Å². The summed E-state index contributed by atoms with van der Waals surface area (Å²) < 4.78 is 66.9. The molecule has 18 nitrogen and oxygen atoms in total. The number of aliphatic hydroxyl groups is 2. The van der Waals surface area contributed by atoms with Crippen LogP contribution < -0.4 is 20.9 Å². The summed E-state index contributed by atoms with van der Waals surface area (Å²) in [5.41, 5.74) is -0.241. The Labute approximate surface area is 382 Å². The van der Waals surface area contributed by atoms with Crippen LogP contribution in [-0.2, 0) is 46.7 Å². The van der Waals surface area contributed by atoms with E-state index < -0.39 is 49.4 Å². The largest absolute Gasteiger partial charge is 0.506 e. The monoisotopic (exact) mass is 984 g/mol. The summed E-state index contributed by atoms with van der Waals surface area (Å²) in [4.78, 5) is 43.9. The van der Waals surface area contributed by atoms with Crippen molar-refractivity contribution in [2.45, 2.75) is 62.5 Å². The number of aromatic amines is 1. The lowest BCUT2D eigenvalue weighted by molar-refractivity contribution is -0.169. The number of aromatic nitrogens is 1. The van der Waals surface area contributed by atoms with Gasteiger partial charge in [0.05, 0.1) is 50.7 Å². The number of hydrogen-bond donors (Lipinski definition) is 8. The molecule has 5 aromatic rings. The molecular formula is C41H49ClN4O14S4. The number of hydrogen-bond acceptors (Lipinski definition) is 16. The van der Waals surface area contributed by atoms with Gasteiger partial charge >= 0.3 is 5.97 Å². The highest BCUT2D eigenvalue weighted by molar-refractivity contribution is 7.89. The lowest BCUT2D eigenvalue weighted by Gasteiger charge is -2.35. The number of nitrogens with zero attached hydrogens (tertiary/aromatic N) is 1. The normalized spacial score (nSPS) is 16.2. The number of fused-ring (bicyclic) bond motifs is 1. The number of rotatable bonds is 18. The summed E-state index contributed by atoms with van der Waals surface area (Å²) in [7, 11) is -5.09. The molecule has 1 fully saturated rings. The fraction of sp³-hybridized carbons (Fsp3) is 0.390. The number of methoxy groups -OCH3 is 1. The minimum Gasteiger partial charge on any atom is -0.506 e. The number of thiophene rings is 2. The number of esters is 1. The van der Waals surface area contributed by atoms with Gasteiger partial charge in [-0.15, -0.1) is 22.7 Å². The van der Waals surface area contributed by atoms with Gasteiger partial charge in [-0.2, -0.15) is 16.8 Å². The predicted octanol–water partition coefficient (Wildman–Crippen LogP) is 4.65. The number of carbonyl (C=O) groups excluding carboxylic acids is 2. The maximum absolute atomic E-state index is 13.4. The number of aliphatic hydroxyl groups excluding tert-OH is 1. The molecule has 1 aliphatic rings. The van der Waals surface area contributed by atoms with Crippen LogP contribution in [0.4, 0.5) is 5.69 Å². The van der Waals surface area contributed by atoms with Gasteiger partial charge in [0.1, 0.15) is 17.6 Å². The predicted molar refractivity (Wildman–Crippen MR) is 243 cm³/mol. The van der Waals surface area contributed by atoms with Crippen LogP contribution in [0.5, 0.6) is 11.5 Å². The molecule has 3 heterocycles. The minimum absolute atomic E-state index is 0.0829. The molecule has 1 saturated carbocycles. The zero-order chi connectivity index (χ0) is 46.8. The summed E-state index contributed by atoms with van der Waals surface area (Å²) in [5, 5.41) is 43.2. The van der Waals surface area contributed by atoms with Crippen molar-refractivity contribution in [2.24, 2.45) is 0 Å². The average Bonchev–Trinajstić information content (AvgIpc) is 4.00. The van der Waals surface area contributed by atoms with Crippen molar-refractivity contribution in [3.05, 3.63) is 108 Å². The molecule has 0 spiro atoms. The molecule has 1 atom stereocenters. The Morgan fingerprint density at radius 2 is 1.59 bits per heavy atom. The molecule has 0 saturated heterocycles. The smallest absolute Gasteiger partial charge is 0.349 e. The van der Waals surface area contributed by atoms with Crippen LogP contribution in [0.2, 0.25) is 5.02 Å². The Kier molecular flexibility index (Phi) is 17.5. The molecular weight excluding hydrogens is 936 g/mol. The number of phenols is 1. The van der Waals surface area contributed by atoms with Gasteiger partial charge in [0, 0.05) is 55.2 Å². The fourth-order valence-electron chi connectivity index (χ4n) is 7.04. The zero-order valence-electron chi connectivity index (χ0n) is 34.6. The third-order valence-corrected chi connectivity index (χ3v) is 14.4. The minimum atomic E-state index is -4.30. The first-order valence-electron chi connectivity index (χ1n) is 19.7. The molecule has 0 radical (unpaired) electrons. The molecule has 1 amide bonds. The maximum Gasteiger partial charge on any atom is 0.349 e. The molecule has 64 heavy (non-hydrogen) atoms. The van der Waals surface area contributed by atoms with Crippen LogP contribution in [0.15, 0.2) is 76.2 Å². The summed E-state index contributed by atoms with van der Waals surface area (Å²) in [6, 6.07) is 16.6. The SMILES string of the molecule is COc1cc(NC(=O)CCN(C)[C@H]2CC[C@H](OC(=O)C(O)(c3cccs3)c3cccs3)CC2)c(Cl)cc1CNC[C@H](O)c1ccc(O)c2[nH]c(=O)ccc12.O=S(=O)(O)CCS(=O)(=O)O. The lowest BCUT2D eigenvalue weighted by Crippen LogP contribution is -2.42. The van der Waals surface area contributed by atoms with E-state index in [1.807, 2.05) is 17.8 Å². The van der Waals surface area contributed by atoms with Gasteiger partial charge in [0.15, 0.2) is 0 Å². The van der Waals surface area contributed by atoms with Crippen molar-refractivity contribution < 1.29 is 60.3 Å². The molecule has 0 aliphatic heterocycles. The van der Waals surface area contributed by atoms with Gasteiger partial charge in [0.25, 0.3) is 20.2 Å². The highest BCUT2D eigenvalue weighted by Gasteiger charge is 2.45. The second-order valence-corrected chi connectivity index (χ2v) is 20.4. The number of benzene rings is 2. The Balaban J connectivity index is 0.000000688. The Morgan fingerprint density at radius 1 is 0.969 bits per heavy atom. The third kappa shape index (κ3) is 13.8. The van der Waals surface area contributed by atoms with Crippen molar-refractivity contribution >= 4 is 83.0 Å². The topological polar surface area (TPSA) is 282 Å². The van der Waals surface area contributed by atoms with Crippen molar-refractivity contribution in [3.63, 3.8) is 0 Å². The molecule has 3 aromatic heterocycles. The van der Waals surface area contributed by atoms with E-state index in [9.17, 15) is 46.5 Å². The van der Waals surface area contributed by atoms with E-state index in [1.54, 1.807) is 48.5 Å². The number of pyridine rings is 1. The number of aromatic hydroxyl groups is 1. The molecule has 0 unspecified atom stereocenters. The van der Waals surface area contributed by atoms with E-state index in [0.717, 1.165) is 18.4 Å². The second-order valence-electron chi connectivity index (χ2n) is 14.9. The number of carbonyl (C=O) groups is 2. The molecule has 1 aliphatic carbocycles. The van der Waals surface area contributed by atoms with Crippen molar-refractivity contribution in [1.29, 1.82) is 0 Å². The van der Waals surface area contributed by atoms with Crippen LogP contribution >= 0.6 is 34.3 Å². The van der Waals surface area contributed by atoms with Crippen LogP contribution in [0.1, 0.15) is 59.1 Å². The number of anilines is 1. The first-order chi connectivity index (χ1) is 30.2. The van der Waals surface area contributed by atoms with Gasteiger partial charge in [0.2, 0.25) is 17.1 Å². The first-order valence-corrected chi connectivity index (χ1v) is 25.1. The van der Waals surface area contributed by atoms with Crippen LogP contribution in [-0.4, -0.2) is 114 Å². The lowest BCUT2D eigenvalue weighted by atomic mass is 9.91. The summed E-state index contributed by atoms with van der Waals surface area (Å²) in [6.07, 6.45) is 1.88. The summed E-state index contributed by atoms with van der Waals surface area (Å²) in [5.74, 6) is -2.40. The van der Waals surface area contributed by atoms with E-state index in [1.165, 1.54) is 41.9 Å². The molecule has 6 rings (SSSR count). The molecule has 0 bridgehead atoms. The Hall–Kier alpha value is -4.46. The Bertz CT molecular complexity index is 2590. The maximum atomic E-state index is 13.4. The quantitative estimate of drug-likeness (QED) is 0.0438. The molecule has 2 aromatic carbocycles. The van der Waals surface area contributed by atoms with Crippen molar-refractivity contribution in [1.82, 2.24) is 15.2 Å². The third-order valence-electron chi connectivity index (χ3n) is 10.4. The van der Waals surface area contributed by atoms with Crippen LogP contribution in [0, 0.1) is 0 Å². The van der Waals surface area contributed by atoms with Crippen molar-refractivity contribution in [3.8, 4) is 11.5 Å². The number of amides is 1. The number of ether oxygens (including phenoxy) is 2. The van der Waals surface area contributed by atoms with E-state index in [4.69, 9.17) is 30.2 Å². The van der Waals surface area contributed by atoms with Gasteiger partial charge in [-0.1, -0.05) is 29.8 Å². The summed E-state index contributed by atoms with van der Waals surface area (Å²) in [6.45, 7) is 0.980. The highest BCUT2D eigenvalue weighted by atomic mass is 35.5. The Morgan fingerprint density at radius 3 is 2.16 bits per heavy atom. The molecule has 23 heteroatoms. The van der Waals surface area contributed by atoms with Crippen LogP contribution in [0.3, 0.4) is 0 Å². The number of phenolic OH excluding ortho intramolecular Hbond substituents is 1. The highest BCUT2D eigenvalue weighted by Crippen LogP contribution is 2.38. The van der Waals surface area contributed by atoms with E-state index in [0.29, 0.717) is 63.1 Å². The standard InChI is InChI=1S/C39H43ClN4O8S2.C2H6O6S2/c1-44(24-7-9-25(10-8-24)52-38(49)39(50,33-5-3-17-53-33)34-6-4-18-54-34)16-15-36(48)42-29-20-32(51-2)23(19-28(29)40)21-41-22-31(46)26-11-13-30(45)37-27(26)12-14-35(47)43-37;3-9(4,5)1-2-10(6,7)8/h3-6,11-14,17-20,24-25,31,41,45-46,50H,7-10,15-16,21-22H2,1-2H3,(H,42,48)(H,43,47);1-2H2,(H,3,4,5)(H,6,7,8)/t24-,25-,31-;/m0./s1. The van der Waals surface area contributed by atoms with Gasteiger partial charge < -0.3 is 45.3 Å².